The van der Waals surface area contributed by atoms with Gasteiger partial charge in [-0.1, -0.05) is 121 Å². The predicted octanol–water partition coefficient (Wildman–Crippen LogP) is 6.29. The molecule has 0 unspecified atom stereocenters. The van der Waals surface area contributed by atoms with Gasteiger partial charge in [-0.2, -0.15) is 0 Å². The maximum Gasteiger partial charge on any atom is 0.171 e. The van der Waals surface area contributed by atoms with Crippen LogP contribution in [0, 0.1) is 0 Å². The summed E-state index contributed by atoms with van der Waals surface area (Å²) in [6.07, 6.45) is 0. The van der Waals surface area contributed by atoms with Crippen molar-refractivity contribution in [3.05, 3.63) is 146 Å². The fourth-order valence-corrected chi connectivity index (χ4v) is 11.7. The average molecular weight is 655 g/mol. The van der Waals surface area contributed by atoms with Gasteiger partial charge in [-0.25, -0.2) is 0 Å². The van der Waals surface area contributed by atoms with E-state index in [1.807, 2.05) is 91.0 Å². The van der Waals surface area contributed by atoms with E-state index in [0.717, 1.165) is 27.0 Å². The quantitative estimate of drug-likeness (QED) is 0.190. The highest BCUT2D eigenvalue weighted by Gasteiger charge is 2.39. The molecule has 0 N–H and O–H groups in total. The molecule has 0 radical (unpaired) electrons. The Bertz CT molecular complexity index is 1990. The number of hydrogen-bond donors (Lipinski definition) is 0. The van der Waals surface area contributed by atoms with E-state index >= 15 is 4.57 Å². The molecule has 6 aromatic carbocycles. The lowest BCUT2D eigenvalue weighted by Gasteiger charge is -2.32. The van der Waals surface area contributed by atoms with E-state index in [1.165, 1.54) is 10.6 Å². The van der Waals surface area contributed by atoms with Gasteiger partial charge < -0.3 is 23.5 Å². The van der Waals surface area contributed by atoms with Crippen molar-refractivity contribution in [2.75, 3.05) is 26.4 Å². The monoisotopic (exact) mass is 654 g/mol. The molecule has 2 aliphatic rings. The molecule has 0 saturated heterocycles. The highest BCUT2D eigenvalue weighted by Crippen LogP contribution is 2.54. The molecule has 0 fully saturated rings. The lowest BCUT2D eigenvalue weighted by molar-refractivity contribution is 0.170. The lowest BCUT2D eigenvalue weighted by Crippen LogP contribution is -2.30. The van der Waals surface area contributed by atoms with Crippen molar-refractivity contribution >= 4 is 46.9 Å². The summed E-state index contributed by atoms with van der Waals surface area (Å²) < 4.78 is 41.6. The third-order valence-corrected chi connectivity index (χ3v) is 14.1. The minimum atomic E-state index is -3.48. The van der Waals surface area contributed by atoms with Gasteiger partial charge in [-0.3, -0.25) is 0 Å². The topological polar surface area (TPSA) is 54.0 Å². The molecular weight excluding hydrogens is 622 g/mol. The van der Waals surface area contributed by atoms with Gasteiger partial charge in [0.1, 0.15) is 26.4 Å². The molecule has 7 heteroatoms. The van der Waals surface area contributed by atoms with Gasteiger partial charge in [0.25, 0.3) is 0 Å². The Morgan fingerprint density at radius 1 is 0.447 bits per heavy atom. The van der Waals surface area contributed by atoms with Crippen molar-refractivity contribution < 1.29 is 23.5 Å². The van der Waals surface area contributed by atoms with E-state index in [0.29, 0.717) is 54.7 Å². The summed E-state index contributed by atoms with van der Waals surface area (Å²) in [6, 6.07) is 48.6. The zero-order chi connectivity index (χ0) is 31.6. The van der Waals surface area contributed by atoms with E-state index in [4.69, 9.17) is 18.9 Å². The Hall–Kier alpha value is -4.82. The van der Waals surface area contributed by atoms with Crippen molar-refractivity contribution in [2.45, 2.75) is 0 Å². The second kappa shape index (κ2) is 12.8. The summed E-state index contributed by atoms with van der Waals surface area (Å²) in [6.45, 7) is 1.65. The highest BCUT2D eigenvalue weighted by molar-refractivity contribution is 7.85. The Balaban J connectivity index is 1.51. The first kappa shape index (κ1) is 29.6. The Kier molecular flexibility index (Phi) is 8.03. The Morgan fingerprint density at radius 3 is 1.38 bits per heavy atom. The molecule has 2 heterocycles. The van der Waals surface area contributed by atoms with Crippen LogP contribution in [0.25, 0.3) is 11.1 Å². The van der Waals surface area contributed by atoms with E-state index in [2.05, 4.69) is 54.6 Å². The molecule has 6 aromatic rings. The van der Waals surface area contributed by atoms with Crippen LogP contribution in [0.2, 0.25) is 0 Å². The fraction of sp³-hybridized carbons (Fsp3) is 0.100. The van der Waals surface area contributed by atoms with E-state index in [1.54, 1.807) is 0 Å². The van der Waals surface area contributed by atoms with Gasteiger partial charge in [0, 0.05) is 27.0 Å². The van der Waals surface area contributed by atoms with Crippen LogP contribution in [0.5, 0.6) is 23.0 Å². The molecule has 47 heavy (non-hydrogen) atoms. The molecule has 232 valence electrons. The van der Waals surface area contributed by atoms with Crippen LogP contribution in [0.3, 0.4) is 0 Å². The molecule has 0 atom stereocenters. The molecule has 0 saturated carbocycles. The summed E-state index contributed by atoms with van der Waals surface area (Å²) in [5.41, 5.74) is 1.54. The van der Waals surface area contributed by atoms with Crippen LogP contribution < -0.4 is 50.8 Å². The zero-order valence-electron chi connectivity index (χ0n) is 25.6. The highest BCUT2D eigenvalue weighted by atomic mass is 31.2. The van der Waals surface area contributed by atoms with Gasteiger partial charge in [-0.15, -0.1) is 0 Å². The van der Waals surface area contributed by atoms with Gasteiger partial charge in [0.05, 0.1) is 0 Å². The first-order valence-corrected chi connectivity index (χ1v) is 18.8. The van der Waals surface area contributed by atoms with Crippen molar-refractivity contribution in [1.29, 1.82) is 0 Å². The minimum absolute atomic E-state index is 0.373. The number of rotatable bonds is 7. The molecule has 2 aliphatic heterocycles. The predicted molar refractivity (Wildman–Crippen MR) is 192 cm³/mol. The maximum absolute atomic E-state index is 16.1. The first-order chi connectivity index (χ1) is 23.2. The van der Waals surface area contributed by atoms with Crippen molar-refractivity contribution in [1.82, 2.24) is 0 Å². The van der Waals surface area contributed by atoms with Crippen molar-refractivity contribution in [3.8, 4) is 34.1 Å². The van der Waals surface area contributed by atoms with Crippen LogP contribution in [-0.4, -0.2) is 26.4 Å². The second-order valence-corrected chi connectivity index (χ2v) is 16.2. The largest absolute Gasteiger partial charge is 0.486 e. The first-order valence-electron chi connectivity index (χ1n) is 15.7. The van der Waals surface area contributed by atoms with Crippen molar-refractivity contribution in [2.24, 2.45) is 0 Å². The Labute approximate surface area is 275 Å². The third kappa shape index (κ3) is 5.30. The third-order valence-electron chi connectivity index (χ3n) is 8.47. The smallest absolute Gasteiger partial charge is 0.171 e. The van der Waals surface area contributed by atoms with Gasteiger partial charge in [0.15, 0.2) is 30.1 Å². The molecule has 0 aliphatic carbocycles. The van der Waals surface area contributed by atoms with Gasteiger partial charge >= 0.3 is 0 Å². The van der Waals surface area contributed by atoms with Gasteiger partial charge in [0.2, 0.25) is 0 Å². The standard InChI is InChI=1S/C40H32O5P2/c41-47(31-17-9-3-10-18-31,32-19-11-4-12-20-32)36-24-22-34-40(45-28-26-43-34)38(36)37-35(23-21-33-39(37)44-27-25-42-33)46(29-13-5-1-6-14-29)30-15-7-2-8-16-30/h1-24H,25-28H2. The van der Waals surface area contributed by atoms with E-state index in [9.17, 15) is 0 Å². The normalized spacial score (nSPS) is 13.7. The Morgan fingerprint density at radius 2 is 0.872 bits per heavy atom. The van der Waals surface area contributed by atoms with Crippen LogP contribution in [0.1, 0.15) is 0 Å². The van der Waals surface area contributed by atoms with Crippen LogP contribution in [0.4, 0.5) is 0 Å². The minimum Gasteiger partial charge on any atom is -0.486 e. The molecular formula is C40H32O5P2. The van der Waals surface area contributed by atoms with Crippen LogP contribution >= 0.6 is 15.1 Å². The second-order valence-electron chi connectivity index (χ2n) is 11.3. The van der Waals surface area contributed by atoms with E-state index < -0.39 is 15.1 Å². The molecule has 5 nitrogen and oxygen atoms in total. The summed E-state index contributed by atoms with van der Waals surface area (Å²) >= 11 is 0. The molecule has 0 aromatic heterocycles. The zero-order valence-corrected chi connectivity index (χ0v) is 27.4. The maximum atomic E-state index is 16.1. The molecule has 0 bridgehead atoms. The summed E-state index contributed by atoms with van der Waals surface area (Å²) in [5, 5.41) is 5.56. The molecule has 0 amide bonds. The summed E-state index contributed by atoms with van der Waals surface area (Å²) in [7, 11) is -4.58. The van der Waals surface area contributed by atoms with Crippen LogP contribution in [0.15, 0.2) is 146 Å². The number of hydrogen-bond acceptors (Lipinski definition) is 5. The molecule has 8 rings (SSSR count). The summed E-state index contributed by atoms with van der Waals surface area (Å²) in [5.74, 6) is 2.47. The number of ether oxygens (including phenoxy) is 4. The lowest BCUT2D eigenvalue weighted by atomic mass is 10.0. The van der Waals surface area contributed by atoms with Crippen LogP contribution in [-0.2, 0) is 4.57 Å². The van der Waals surface area contributed by atoms with Gasteiger partial charge in [-0.05, 0) is 48.1 Å². The summed E-state index contributed by atoms with van der Waals surface area (Å²) in [4.78, 5) is 0. The number of fused-ring (bicyclic) bond motifs is 2. The van der Waals surface area contributed by atoms with E-state index in [-0.39, 0.29) is 0 Å². The fourth-order valence-electron chi connectivity index (χ4n) is 6.43. The SMILES string of the molecule is O=P(c1ccccc1)(c1ccccc1)c1ccc2c(c1-c1c(P(c3ccccc3)c3ccccc3)ccc3c1OCCO3)OCCO2. The number of benzene rings is 6. The van der Waals surface area contributed by atoms with Crippen molar-refractivity contribution in [3.63, 3.8) is 0 Å². The molecule has 0 spiro atoms. The average Bonchev–Trinajstić information content (AvgIpc) is 3.16.